The smallest absolute Gasteiger partial charge is 0.342 e. The van der Waals surface area contributed by atoms with Crippen LogP contribution in [0.25, 0.3) is 11.2 Å². The van der Waals surface area contributed by atoms with Crippen molar-refractivity contribution < 1.29 is 23.3 Å². The Morgan fingerprint density at radius 1 is 1.03 bits per heavy atom. The summed E-state index contributed by atoms with van der Waals surface area (Å²) in [6.07, 6.45) is 3.66. The van der Waals surface area contributed by atoms with Gasteiger partial charge in [-0.1, -0.05) is 32.0 Å². The van der Waals surface area contributed by atoms with Crippen molar-refractivity contribution in [3.63, 3.8) is 0 Å². The quantitative estimate of drug-likeness (QED) is 0.209. The lowest BCUT2D eigenvalue weighted by Crippen LogP contribution is -2.41. The standard InChI is InChI=1S/C24H37N6O5P/c1-5-12-32-24(33-13-6-2)19(4)29-36(31,35-20-10-8-7-9-11-20)17-34-18(3)14-30-16-28-21-22(25)26-15-27-23(21)30/h7-11,15-16,18-19,24H,5-6,12-14,17H2,1-4H3,(H,29,31)(H2,25,26,27)/t18-,19+,36+/m1/s1. The van der Waals surface area contributed by atoms with Crippen LogP contribution >= 0.6 is 7.52 Å². The van der Waals surface area contributed by atoms with Crippen molar-refractivity contribution in [1.29, 1.82) is 0 Å². The Bertz CT molecular complexity index is 1110. The number of fused-ring (bicyclic) bond motifs is 1. The zero-order chi connectivity index (χ0) is 26.0. The van der Waals surface area contributed by atoms with Crippen LogP contribution in [-0.4, -0.2) is 57.5 Å². The van der Waals surface area contributed by atoms with E-state index in [9.17, 15) is 4.57 Å². The third-order valence-corrected chi connectivity index (χ3v) is 6.98. The van der Waals surface area contributed by atoms with Gasteiger partial charge in [0.25, 0.3) is 0 Å². The van der Waals surface area contributed by atoms with Crippen LogP contribution in [0.2, 0.25) is 0 Å². The highest BCUT2D eigenvalue weighted by Gasteiger charge is 2.32. The van der Waals surface area contributed by atoms with E-state index in [1.807, 2.05) is 50.5 Å². The lowest BCUT2D eigenvalue weighted by atomic mass is 10.3. The first kappa shape index (κ1) is 28.0. The Morgan fingerprint density at radius 3 is 2.39 bits per heavy atom. The number of para-hydroxylation sites is 1. The van der Waals surface area contributed by atoms with Crippen LogP contribution in [0.15, 0.2) is 43.0 Å². The maximum absolute atomic E-state index is 14.0. The summed E-state index contributed by atoms with van der Waals surface area (Å²) in [6.45, 7) is 9.28. The Balaban J connectivity index is 1.70. The van der Waals surface area contributed by atoms with E-state index in [2.05, 4.69) is 20.0 Å². The molecular formula is C24H37N6O5P. The van der Waals surface area contributed by atoms with Gasteiger partial charge in [-0.15, -0.1) is 0 Å². The highest BCUT2D eigenvalue weighted by molar-refractivity contribution is 7.57. The summed E-state index contributed by atoms with van der Waals surface area (Å²) in [7, 11) is -3.52. The Labute approximate surface area is 212 Å². The number of nitrogens with two attached hydrogens (primary N) is 1. The molecule has 0 fully saturated rings. The van der Waals surface area contributed by atoms with Crippen LogP contribution in [0.1, 0.15) is 40.5 Å². The molecule has 0 saturated heterocycles. The number of aromatic nitrogens is 4. The highest BCUT2D eigenvalue weighted by atomic mass is 31.2. The van der Waals surface area contributed by atoms with E-state index in [0.717, 1.165) is 12.8 Å². The van der Waals surface area contributed by atoms with Crippen molar-refractivity contribution in [3.8, 4) is 5.75 Å². The van der Waals surface area contributed by atoms with Gasteiger partial charge in [0.05, 0.1) is 25.0 Å². The summed E-state index contributed by atoms with van der Waals surface area (Å²) in [5.41, 5.74) is 7.02. The molecule has 0 spiro atoms. The molecule has 3 N–H and O–H groups in total. The molecule has 3 aromatic rings. The monoisotopic (exact) mass is 520 g/mol. The third-order valence-electron chi connectivity index (χ3n) is 5.19. The van der Waals surface area contributed by atoms with Crippen molar-refractivity contribution >= 4 is 24.5 Å². The van der Waals surface area contributed by atoms with Crippen LogP contribution in [-0.2, 0) is 25.3 Å². The lowest BCUT2D eigenvalue weighted by Gasteiger charge is -2.30. The number of imidazole rings is 1. The molecule has 3 atom stereocenters. The molecule has 198 valence electrons. The normalized spacial score (nSPS) is 15.1. The van der Waals surface area contributed by atoms with Gasteiger partial charge in [0, 0.05) is 13.2 Å². The molecule has 2 heterocycles. The van der Waals surface area contributed by atoms with Crippen LogP contribution in [0.5, 0.6) is 5.75 Å². The zero-order valence-corrected chi connectivity index (χ0v) is 22.3. The average molecular weight is 521 g/mol. The molecule has 3 rings (SSSR count). The molecule has 0 saturated carbocycles. The van der Waals surface area contributed by atoms with E-state index >= 15 is 0 Å². The van der Waals surface area contributed by atoms with Crippen LogP contribution < -0.4 is 15.3 Å². The summed E-state index contributed by atoms with van der Waals surface area (Å²) >= 11 is 0. The molecule has 0 aliphatic carbocycles. The lowest BCUT2D eigenvalue weighted by molar-refractivity contribution is -0.154. The van der Waals surface area contributed by atoms with E-state index < -0.39 is 19.9 Å². The number of benzene rings is 1. The first-order chi connectivity index (χ1) is 17.3. The molecule has 0 amide bonds. The van der Waals surface area contributed by atoms with Crippen molar-refractivity contribution in [2.24, 2.45) is 0 Å². The Morgan fingerprint density at radius 2 is 1.72 bits per heavy atom. The van der Waals surface area contributed by atoms with Gasteiger partial charge in [-0.05, 0) is 38.8 Å². The minimum atomic E-state index is -3.52. The first-order valence-electron chi connectivity index (χ1n) is 12.2. The van der Waals surface area contributed by atoms with Gasteiger partial charge in [0.2, 0.25) is 0 Å². The largest absolute Gasteiger partial charge is 0.431 e. The number of nitrogens with one attached hydrogen (secondary N) is 1. The number of anilines is 1. The summed E-state index contributed by atoms with van der Waals surface area (Å²) in [4.78, 5) is 12.5. The van der Waals surface area contributed by atoms with Gasteiger partial charge in [0.15, 0.2) is 17.8 Å². The highest BCUT2D eigenvalue weighted by Crippen LogP contribution is 2.44. The minimum Gasteiger partial charge on any atom is -0.431 e. The first-order valence-corrected chi connectivity index (χ1v) is 14.0. The molecule has 36 heavy (non-hydrogen) atoms. The van der Waals surface area contributed by atoms with Gasteiger partial charge < -0.3 is 29.0 Å². The maximum atomic E-state index is 14.0. The molecule has 1 aromatic carbocycles. The number of hydrogen-bond acceptors (Lipinski definition) is 9. The molecular weight excluding hydrogens is 483 g/mol. The second-order valence-electron chi connectivity index (χ2n) is 8.54. The zero-order valence-electron chi connectivity index (χ0n) is 21.4. The predicted octanol–water partition coefficient (Wildman–Crippen LogP) is 4.20. The average Bonchev–Trinajstić information content (AvgIpc) is 3.27. The summed E-state index contributed by atoms with van der Waals surface area (Å²) in [5, 5.41) is 3.11. The van der Waals surface area contributed by atoms with Gasteiger partial charge >= 0.3 is 7.52 Å². The van der Waals surface area contributed by atoms with Crippen molar-refractivity contribution in [2.75, 3.05) is 25.3 Å². The fourth-order valence-electron chi connectivity index (χ4n) is 3.50. The van der Waals surface area contributed by atoms with Gasteiger partial charge in [0.1, 0.15) is 23.9 Å². The molecule has 2 aromatic heterocycles. The summed E-state index contributed by atoms with van der Waals surface area (Å²) in [6, 6.07) is 8.61. The third kappa shape index (κ3) is 7.97. The number of rotatable bonds is 16. The summed E-state index contributed by atoms with van der Waals surface area (Å²) in [5.74, 6) is 0.793. The second-order valence-corrected chi connectivity index (χ2v) is 10.6. The van der Waals surface area contributed by atoms with Crippen LogP contribution in [0, 0.1) is 0 Å². The van der Waals surface area contributed by atoms with E-state index in [-0.39, 0.29) is 12.5 Å². The topological polar surface area (TPSA) is 136 Å². The number of nitrogen functional groups attached to an aromatic ring is 1. The number of hydrogen-bond donors (Lipinski definition) is 2. The molecule has 12 heteroatoms. The van der Waals surface area contributed by atoms with E-state index in [1.165, 1.54) is 6.33 Å². The van der Waals surface area contributed by atoms with Crippen molar-refractivity contribution in [1.82, 2.24) is 24.6 Å². The predicted molar refractivity (Wildman–Crippen MR) is 139 cm³/mol. The maximum Gasteiger partial charge on any atom is 0.342 e. The van der Waals surface area contributed by atoms with Crippen LogP contribution in [0.3, 0.4) is 0 Å². The SMILES string of the molecule is CCCOC(OCCC)[C@H](C)N[P@](=O)(CO[C@H](C)Cn1cnc2c(N)ncnc21)Oc1ccccc1. The molecule has 0 bridgehead atoms. The van der Waals surface area contributed by atoms with Gasteiger partial charge in [-0.2, -0.15) is 0 Å². The second kappa shape index (κ2) is 13.7. The number of ether oxygens (including phenoxy) is 3. The summed E-state index contributed by atoms with van der Waals surface area (Å²) < 4.78 is 39.5. The molecule has 0 aliphatic heterocycles. The molecule has 0 radical (unpaired) electrons. The Hall–Kier alpha value is -2.56. The van der Waals surface area contributed by atoms with E-state index in [4.69, 9.17) is 24.5 Å². The van der Waals surface area contributed by atoms with Crippen molar-refractivity contribution in [2.45, 2.75) is 65.5 Å². The van der Waals surface area contributed by atoms with Crippen molar-refractivity contribution in [3.05, 3.63) is 43.0 Å². The van der Waals surface area contributed by atoms with Crippen LogP contribution in [0.4, 0.5) is 5.82 Å². The van der Waals surface area contributed by atoms with E-state index in [0.29, 0.717) is 42.5 Å². The molecule has 11 nitrogen and oxygen atoms in total. The molecule has 0 unspecified atom stereocenters. The fourth-order valence-corrected chi connectivity index (χ4v) is 5.34. The fraction of sp³-hybridized carbons (Fsp3) is 0.542. The number of nitrogens with zero attached hydrogens (tertiary/aromatic N) is 4. The Kier molecular flexibility index (Phi) is 10.6. The van der Waals surface area contributed by atoms with Gasteiger partial charge in [-0.3, -0.25) is 4.57 Å². The van der Waals surface area contributed by atoms with E-state index in [1.54, 1.807) is 18.5 Å². The van der Waals surface area contributed by atoms with Gasteiger partial charge in [-0.25, -0.2) is 20.0 Å². The minimum absolute atomic E-state index is 0.161. The molecule has 0 aliphatic rings.